The number of pyridine rings is 1. The lowest BCUT2D eigenvalue weighted by Gasteiger charge is -2.38. The highest BCUT2D eigenvalue weighted by molar-refractivity contribution is 6.36. The van der Waals surface area contributed by atoms with Crippen LogP contribution in [0.1, 0.15) is 31.1 Å². The topological polar surface area (TPSA) is 74.8 Å². The summed E-state index contributed by atoms with van der Waals surface area (Å²) in [6.45, 7) is 8.53. The van der Waals surface area contributed by atoms with Gasteiger partial charge in [0.15, 0.2) is 0 Å². The molecule has 3 rings (SSSR count). The lowest BCUT2D eigenvalue weighted by Crippen LogP contribution is -2.56. The number of carbonyl (C=O) groups is 2. The first-order valence-corrected chi connectivity index (χ1v) is 11.4. The molecule has 0 radical (unpaired) electrons. The lowest BCUT2D eigenvalue weighted by molar-refractivity contribution is -0.134. The minimum atomic E-state index is -0.613. The number of anilines is 1. The van der Waals surface area contributed by atoms with E-state index in [9.17, 15) is 9.59 Å². The zero-order chi connectivity index (χ0) is 23.3. The van der Waals surface area contributed by atoms with Crippen molar-refractivity contribution in [2.75, 3.05) is 37.7 Å². The minimum Gasteiger partial charge on any atom is -0.494 e. The van der Waals surface area contributed by atoms with Gasteiger partial charge in [-0.05, 0) is 43.2 Å². The first-order chi connectivity index (χ1) is 15.3. The number of piperazine rings is 1. The largest absolute Gasteiger partial charge is 0.494 e. The van der Waals surface area contributed by atoms with Crippen molar-refractivity contribution in [3.8, 4) is 5.75 Å². The third-order valence-electron chi connectivity index (χ3n) is 5.33. The van der Waals surface area contributed by atoms with Crippen LogP contribution in [0.25, 0.3) is 0 Å². The number of amides is 2. The zero-order valence-corrected chi connectivity index (χ0v) is 20.0. The van der Waals surface area contributed by atoms with Crippen molar-refractivity contribution < 1.29 is 14.3 Å². The number of hydrogen-bond acceptors (Lipinski definition) is 5. The number of hydrogen-bond donors (Lipinski definition) is 1. The van der Waals surface area contributed by atoms with E-state index >= 15 is 0 Å². The van der Waals surface area contributed by atoms with Crippen LogP contribution in [0.3, 0.4) is 0 Å². The van der Waals surface area contributed by atoms with Crippen molar-refractivity contribution in [1.82, 2.24) is 15.2 Å². The molecule has 0 bridgehead atoms. The van der Waals surface area contributed by atoms with Crippen LogP contribution >= 0.6 is 23.2 Å². The van der Waals surface area contributed by atoms with Crippen molar-refractivity contribution in [2.24, 2.45) is 5.92 Å². The smallest absolute Gasteiger partial charge is 0.251 e. The van der Waals surface area contributed by atoms with E-state index in [1.54, 1.807) is 41.4 Å². The van der Waals surface area contributed by atoms with Gasteiger partial charge in [-0.3, -0.25) is 9.59 Å². The fourth-order valence-electron chi connectivity index (χ4n) is 3.58. The molecule has 1 fully saturated rings. The standard InChI is InChI=1S/C23H28Cl2N4O3/c1-4-32-18-7-5-16(6-8-18)22(30)27-20(15(2)3)23(31)29-11-9-28(10-12-29)21-19(25)13-17(24)14-26-21/h5-8,13-15,20H,4,9-12H2,1-3H3,(H,27,30). The van der Waals surface area contributed by atoms with Crippen molar-refractivity contribution in [3.63, 3.8) is 0 Å². The van der Waals surface area contributed by atoms with Gasteiger partial charge in [-0.2, -0.15) is 0 Å². The van der Waals surface area contributed by atoms with Crippen LogP contribution in [-0.2, 0) is 4.79 Å². The number of nitrogens with zero attached hydrogens (tertiary/aromatic N) is 3. The highest BCUT2D eigenvalue weighted by Gasteiger charge is 2.31. The van der Waals surface area contributed by atoms with Gasteiger partial charge in [-0.25, -0.2) is 4.98 Å². The SMILES string of the molecule is CCOc1ccc(C(=O)NC(C(=O)N2CCN(c3ncc(Cl)cc3Cl)CC2)C(C)C)cc1. The van der Waals surface area contributed by atoms with Gasteiger partial charge in [-0.1, -0.05) is 37.0 Å². The predicted molar refractivity (Wildman–Crippen MR) is 127 cm³/mol. The maximum atomic E-state index is 13.2. The quantitative estimate of drug-likeness (QED) is 0.653. The Balaban J connectivity index is 1.62. The summed E-state index contributed by atoms with van der Waals surface area (Å²) in [5.41, 5.74) is 0.486. The van der Waals surface area contributed by atoms with Gasteiger partial charge in [-0.15, -0.1) is 0 Å². The summed E-state index contributed by atoms with van der Waals surface area (Å²) in [6, 6.07) is 7.94. The van der Waals surface area contributed by atoms with Gasteiger partial charge in [0.25, 0.3) is 5.91 Å². The van der Waals surface area contributed by atoms with E-state index in [1.165, 1.54) is 0 Å². The van der Waals surface area contributed by atoms with Crippen LogP contribution in [0, 0.1) is 5.92 Å². The Morgan fingerprint density at radius 1 is 1.12 bits per heavy atom. The summed E-state index contributed by atoms with van der Waals surface area (Å²) in [4.78, 5) is 34.1. The molecule has 1 aliphatic rings. The van der Waals surface area contributed by atoms with Crippen molar-refractivity contribution in [2.45, 2.75) is 26.8 Å². The molecule has 1 atom stereocenters. The number of nitrogens with one attached hydrogen (secondary N) is 1. The number of benzene rings is 1. The molecule has 2 amide bonds. The molecule has 7 nitrogen and oxygen atoms in total. The monoisotopic (exact) mass is 478 g/mol. The van der Waals surface area contributed by atoms with Gasteiger partial charge in [0.05, 0.1) is 16.7 Å². The third-order valence-corrected chi connectivity index (χ3v) is 5.81. The minimum absolute atomic E-state index is 0.0560. The molecular weight excluding hydrogens is 451 g/mol. The van der Waals surface area contributed by atoms with E-state index in [-0.39, 0.29) is 17.7 Å². The lowest BCUT2D eigenvalue weighted by atomic mass is 10.0. The van der Waals surface area contributed by atoms with Crippen LogP contribution in [0.5, 0.6) is 5.75 Å². The summed E-state index contributed by atoms with van der Waals surface area (Å²) in [5, 5.41) is 3.87. The van der Waals surface area contributed by atoms with Gasteiger partial charge >= 0.3 is 0 Å². The van der Waals surface area contributed by atoms with Crippen LogP contribution in [-0.4, -0.2) is 60.5 Å². The van der Waals surface area contributed by atoms with Crippen molar-refractivity contribution >= 4 is 40.8 Å². The average molecular weight is 479 g/mol. The molecule has 1 aromatic heterocycles. The molecule has 0 aliphatic carbocycles. The molecule has 2 aromatic rings. The Kier molecular flexibility index (Phi) is 8.21. The van der Waals surface area contributed by atoms with Gasteiger partial charge < -0.3 is 19.9 Å². The summed E-state index contributed by atoms with van der Waals surface area (Å²) < 4.78 is 5.42. The predicted octanol–water partition coefficient (Wildman–Crippen LogP) is 3.89. The van der Waals surface area contributed by atoms with Crippen LogP contribution in [0.4, 0.5) is 5.82 Å². The summed E-state index contributed by atoms with van der Waals surface area (Å²) >= 11 is 12.2. The van der Waals surface area contributed by atoms with Crippen molar-refractivity contribution in [1.29, 1.82) is 0 Å². The van der Waals surface area contributed by atoms with E-state index in [4.69, 9.17) is 27.9 Å². The van der Waals surface area contributed by atoms with Crippen LogP contribution < -0.4 is 15.0 Å². The highest BCUT2D eigenvalue weighted by Crippen LogP contribution is 2.27. The van der Waals surface area contributed by atoms with Gasteiger partial charge in [0, 0.05) is 37.9 Å². The molecule has 1 unspecified atom stereocenters. The molecule has 0 saturated carbocycles. The Morgan fingerprint density at radius 3 is 2.34 bits per heavy atom. The second-order valence-electron chi connectivity index (χ2n) is 7.92. The molecular formula is C23H28Cl2N4O3. The number of aromatic nitrogens is 1. The molecule has 172 valence electrons. The molecule has 1 aliphatic heterocycles. The van der Waals surface area contributed by atoms with E-state index < -0.39 is 6.04 Å². The Bertz CT molecular complexity index is 945. The fraction of sp³-hybridized carbons (Fsp3) is 0.435. The second-order valence-corrected chi connectivity index (χ2v) is 8.77. The number of ether oxygens (including phenoxy) is 1. The van der Waals surface area contributed by atoms with Crippen molar-refractivity contribution in [3.05, 3.63) is 52.1 Å². The molecule has 1 saturated heterocycles. The first-order valence-electron chi connectivity index (χ1n) is 10.7. The second kappa shape index (κ2) is 10.9. The van der Waals surface area contributed by atoms with Crippen LogP contribution in [0.15, 0.2) is 36.5 Å². The number of halogens is 2. The number of rotatable bonds is 7. The Labute approximate surface area is 198 Å². The van der Waals surface area contributed by atoms with E-state index in [2.05, 4.69) is 10.3 Å². The maximum Gasteiger partial charge on any atom is 0.251 e. The number of carbonyl (C=O) groups excluding carboxylic acids is 2. The Morgan fingerprint density at radius 2 is 1.78 bits per heavy atom. The maximum absolute atomic E-state index is 13.2. The van der Waals surface area contributed by atoms with E-state index in [0.717, 1.165) is 0 Å². The average Bonchev–Trinajstić information content (AvgIpc) is 2.77. The summed E-state index contributed by atoms with van der Waals surface area (Å²) in [7, 11) is 0. The summed E-state index contributed by atoms with van der Waals surface area (Å²) in [5.74, 6) is 0.936. The fourth-order valence-corrected chi connectivity index (χ4v) is 4.08. The van der Waals surface area contributed by atoms with Crippen LogP contribution in [0.2, 0.25) is 10.0 Å². The van der Waals surface area contributed by atoms with Gasteiger partial charge in [0.1, 0.15) is 17.6 Å². The molecule has 0 spiro atoms. The van der Waals surface area contributed by atoms with E-state index in [0.29, 0.717) is 60.0 Å². The Hall–Kier alpha value is -2.51. The van der Waals surface area contributed by atoms with Gasteiger partial charge in [0.2, 0.25) is 5.91 Å². The third kappa shape index (κ3) is 5.84. The highest BCUT2D eigenvalue weighted by atomic mass is 35.5. The molecule has 2 heterocycles. The normalized spacial score (nSPS) is 14.9. The molecule has 1 N–H and O–H groups in total. The molecule has 32 heavy (non-hydrogen) atoms. The zero-order valence-electron chi connectivity index (χ0n) is 18.5. The first kappa shape index (κ1) is 24.1. The molecule has 1 aromatic carbocycles. The molecule has 9 heteroatoms. The van der Waals surface area contributed by atoms with E-state index in [1.807, 2.05) is 25.7 Å². The summed E-state index contributed by atoms with van der Waals surface area (Å²) in [6.07, 6.45) is 1.56.